The number of hydrogen-bond donors (Lipinski definition) is 1. The molecule has 24 heavy (non-hydrogen) atoms. The molecule has 1 fully saturated rings. The average Bonchev–Trinajstić information content (AvgIpc) is 2.93. The first-order chi connectivity index (χ1) is 11.5. The van der Waals surface area contributed by atoms with Gasteiger partial charge in [0.05, 0.1) is 11.8 Å². The van der Waals surface area contributed by atoms with E-state index in [4.69, 9.17) is 20.8 Å². The molecule has 1 N–H and O–H groups in total. The Morgan fingerprint density at radius 1 is 1.25 bits per heavy atom. The Hall–Kier alpha value is -1.78. The van der Waals surface area contributed by atoms with Gasteiger partial charge < -0.3 is 14.5 Å². The molecule has 0 atom stereocenters. The molecule has 1 aliphatic rings. The molecule has 4 nitrogen and oxygen atoms in total. The minimum atomic E-state index is -0.197. The molecular formula is C19H22ClNO3. The summed E-state index contributed by atoms with van der Waals surface area (Å²) in [7, 11) is 0. The monoisotopic (exact) mass is 347 g/mol. The number of rotatable bonds is 4. The van der Waals surface area contributed by atoms with Crippen molar-refractivity contribution in [3.8, 4) is 0 Å². The highest BCUT2D eigenvalue weighted by atomic mass is 35.5. The fraction of sp³-hybridized carbons (Fsp3) is 0.421. The van der Waals surface area contributed by atoms with Gasteiger partial charge >= 0.3 is 0 Å². The van der Waals surface area contributed by atoms with E-state index in [1.54, 1.807) is 13.2 Å². The fourth-order valence-corrected chi connectivity index (χ4v) is 3.78. The van der Waals surface area contributed by atoms with Gasteiger partial charge in [0.1, 0.15) is 5.76 Å². The third kappa shape index (κ3) is 3.21. The van der Waals surface area contributed by atoms with E-state index in [-0.39, 0.29) is 11.3 Å². The van der Waals surface area contributed by atoms with Crippen LogP contribution in [0.5, 0.6) is 0 Å². The van der Waals surface area contributed by atoms with E-state index in [1.165, 1.54) is 0 Å². The Balaban J connectivity index is 1.83. The van der Waals surface area contributed by atoms with Crippen molar-refractivity contribution in [3.63, 3.8) is 0 Å². The molecule has 0 radical (unpaired) electrons. The number of carbonyl (C=O) groups is 1. The largest absolute Gasteiger partial charge is 0.469 e. The second kappa shape index (κ2) is 6.99. The molecule has 128 valence electrons. The normalized spacial score (nSPS) is 16.8. The lowest BCUT2D eigenvalue weighted by molar-refractivity contribution is 0.0487. The smallest absolute Gasteiger partial charge is 0.255 e. The van der Waals surface area contributed by atoms with Gasteiger partial charge in [-0.05, 0) is 38.3 Å². The number of amides is 1. The second-order valence-electron chi connectivity index (χ2n) is 6.41. The Morgan fingerprint density at radius 2 is 1.96 bits per heavy atom. The first-order valence-electron chi connectivity index (χ1n) is 8.19. The molecule has 1 amide bonds. The van der Waals surface area contributed by atoms with Gasteiger partial charge in [-0.15, -0.1) is 0 Å². The summed E-state index contributed by atoms with van der Waals surface area (Å²) in [5, 5.41) is 3.83. The van der Waals surface area contributed by atoms with Crippen LogP contribution in [0.3, 0.4) is 0 Å². The molecule has 0 unspecified atom stereocenters. The lowest BCUT2D eigenvalue weighted by Gasteiger charge is -2.38. The molecule has 1 saturated heterocycles. The Kier molecular flexibility index (Phi) is 4.97. The summed E-state index contributed by atoms with van der Waals surface area (Å²) in [5.74, 6) is 0.542. The first-order valence-corrected chi connectivity index (χ1v) is 8.57. The number of ether oxygens (including phenoxy) is 1. The minimum Gasteiger partial charge on any atom is -0.469 e. The number of nitrogens with one attached hydrogen (secondary N) is 1. The van der Waals surface area contributed by atoms with Crippen molar-refractivity contribution in [1.82, 2.24) is 5.32 Å². The predicted molar refractivity (Wildman–Crippen MR) is 93.7 cm³/mol. The van der Waals surface area contributed by atoms with E-state index in [0.717, 1.165) is 29.0 Å². The summed E-state index contributed by atoms with van der Waals surface area (Å²) in [5.41, 5.74) is 2.36. The van der Waals surface area contributed by atoms with Crippen molar-refractivity contribution in [1.29, 1.82) is 0 Å². The van der Waals surface area contributed by atoms with Gasteiger partial charge in [0.2, 0.25) is 0 Å². The van der Waals surface area contributed by atoms with E-state index in [1.807, 2.05) is 31.2 Å². The maximum absolute atomic E-state index is 12.6. The molecule has 2 aromatic rings. The Morgan fingerprint density at radius 3 is 2.58 bits per heavy atom. The van der Waals surface area contributed by atoms with Crippen molar-refractivity contribution in [2.75, 3.05) is 19.8 Å². The zero-order valence-corrected chi connectivity index (χ0v) is 14.8. The standard InChI is InChI=1S/C19H22ClNO3/c1-13-11-24-14(2)17(13)18(22)21-12-19(7-9-23-10-8-19)15-5-3-4-6-16(15)20/h3-6,11H,7-10,12H2,1-2H3,(H,21,22). The molecule has 1 aromatic carbocycles. The number of aryl methyl sites for hydroxylation is 2. The number of halogens is 1. The van der Waals surface area contributed by atoms with Crippen LogP contribution >= 0.6 is 11.6 Å². The molecule has 5 heteroatoms. The van der Waals surface area contributed by atoms with E-state index in [2.05, 4.69) is 5.32 Å². The average molecular weight is 348 g/mol. The Bertz CT molecular complexity index is 712. The molecular weight excluding hydrogens is 326 g/mol. The van der Waals surface area contributed by atoms with Crippen LogP contribution in [0, 0.1) is 13.8 Å². The van der Waals surface area contributed by atoms with Crippen molar-refractivity contribution >= 4 is 17.5 Å². The second-order valence-corrected chi connectivity index (χ2v) is 6.81. The highest BCUT2D eigenvalue weighted by Gasteiger charge is 2.36. The predicted octanol–water partition coefficient (Wildman–Crippen LogP) is 4.03. The summed E-state index contributed by atoms with van der Waals surface area (Å²) in [6.07, 6.45) is 3.28. The number of furan rings is 1. The van der Waals surface area contributed by atoms with Crippen molar-refractivity contribution in [2.24, 2.45) is 0 Å². The van der Waals surface area contributed by atoms with Crippen LogP contribution in [0.2, 0.25) is 5.02 Å². The van der Waals surface area contributed by atoms with E-state index < -0.39 is 0 Å². The molecule has 0 saturated carbocycles. The van der Waals surface area contributed by atoms with Crippen LogP contribution in [0.4, 0.5) is 0 Å². The van der Waals surface area contributed by atoms with Gasteiger partial charge in [0, 0.05) is 35.8 Å². The van der Waals surface area contributed by atoms with Gasteiger partial charge in [-0.2, -0.15) is 0 Å². The summed E-state index contributed by atoms with van der Waals surface area (Å²) >= 11 is 6.44. The molecule has 0 spiro atoms. The first kappa shape index (κ1) is 17.1. The molecule has 1 aliphatic heterocycles. The number of benzene rings is 1. The van der Waals surface area contributed by atoms with Gasteiger partial charge in [0.25, 0.3) is 5.91 Å². The van der Waals surface area contributed by atoms with Gasteiger partial charge in [-0.3, -0.25) is 4.79 Å². The van der Waals surface area contributed by atoms with Crippen LogP contribution in [-0.2, 0) is 10.2 Å². The van der Waals surface area contributed by atoms with Crippen LogP contribution in [0.1, 0.15) is 40.1 Å². The fourth-order valence-electron chi connectivity index (χ4n) is 3.44. The maximum atomic E-state index is 12.6. The van der Waals surface area contributed by atoms with E-state index in [0.29, 0.717) is 31.1 Å². The number of hydrogen-bond acceptors (Lipinski definition) is 3. The highest BCUT2D eigenvalue weighted by molar-refractivity contribution is 6.31. The lowest BCUT2D eigenvalue weighted by Crippen LogP contribution is -2.45. The van der Waals surface area contributed by atoms with E-state index in [9.17, 15) is 4.79 Å². The van der Waals surface area contributed by atoms with Gasteiger partial charge in [0.15, 0.2) is 0 Å². The maximum Gasteiger partial charge on any atom is 0.255 e. The zero-order chi connectivity index (χ0) is 17.2. The summed E-state index contributed by atoms with van der Waals surface area (Å²) in [4.78, 5) is 12.6. The SMILES string of the molecule is Cc1coc(C)c1C(=O)NCC1(c2ccccc2Cl)CCOCC1. The van der Waals surface area contributed by atoms with Crippen molar-refractivity contribution in [2.45, 2.75) is 32.1 Å². The zero-order valence-electron chi connectivity index (χ0n) is 14.0. The van der Waals surface area contributed by atoms with Gasteiger partial charge in [-0.25, -0.2) is 0 Å². The number of carbonyl (C=O) groups excluding carboxylic acids is 1. The Labute approximate surface area is 147 Å². The minimum absolute atomic E-state index is 0.100. The van der Waals surface area contributed by atoms with Crippen LogP contribution in [0.25, 0.3) is 0 Å². The summed E-state index contributed by atoms with van der Waals surface area (Å²) < 4.78 is 10.9. The van der Waals surface area contributed by atoms with E-state index >= 15 is 0 Å². The van der Waals surface area contributed by atoms with Crippen LogP contribution in [0.15, 0.2) is 34.9 Å². The third-order valence-electron chi connectivity index (χ3n) is 4.87. The topological polar surface area (TPSA) is 51.5 Å². The van der Waals surface area contributed by atoms with Crippen molar-refractivity contribution < 1.29 is 13.9 Å². The highest BCUT2D eigenvalue weighted by Crippen LogP contribution is 2.38. The van der Waals surface area contributed by atoms with Gasteiger partial charge in [-0.1, -0.05) is 29.8 Å². The van der Waals surface area contributed by atoms with Crippen LogP contribution in [-0.4, -0.2) is 25.7 Å². The molecule has 0 bridgehead atoms. The third-order valence-corrected chi connectivity index (χ3v) is 5.20. The molecule has 3 rings (SSSR count). The van der Waals surface area contributed by atoms with Crippen molar-refractivity contribution in [3.05, 3.63) is 58.0 Å². The lowest BCUT2D eigenvalue weighted by atomic mass is 9.74. The summed E-state index contributed by atoms with van der Waals surface area (Å²) in [6.45, 7) is 5.56. The quantitative estimate of drug-likeness (QED) is 0.908. The summed E-state index contributed by atoms with van der Waals surface area (Å²) in [6, 6.07) is 7.87. The molecule has 2 heterocycles. The molecule has 0 aliphatic carbocycles. The molecule has 1 aromatic heterocycles. The van der Waals surface area contributed by atoms with Crippen LogP contribution < -0.4 is 5.32 Å².